The monoisotopic (exact) mass is 372 g/mol. The predicted molar refractivity (Wildman–Crippen MR) is 84.5 cm³/mol. The van der Waals surface area contributed by atoms with E-state index >= 15 is 0 Å². The minimum atomic E-state index is -5.01. The van der Waals surface area contributed by atoms with E-state index in [1.807, 2.05) is 0 Å². The standard InChI is InChI=1S/C18H13F5O3/c1-10(17(24)25)26-14-8-4-12(5-9-14)16(20)15(18(21,22)23)11-2-6-13(19)7-3-11/h2-10H,1H3,(H,24,25)/t10-/m1/s1. The summed E-state index contributed by atoms with van der Waals surface area (Å²) in [5.41, 5.74) is -2.43. The first-order valence-electron chi connectivity index (χ1n) is 7.32. The van der Waals surface area contributed by atoms with Crippen molar-refractivity contribution in [2.75, 3.05) is 0 Å². The van der Waals surface area contributed by atoms with Gasteiger partial charge in [0.1, 0.15) is 17.4 Å². The quantitative estimate of drug-likeness (QED) is 0.588. The van der Waals surface area contributed by atoms with E-state index in [0.29, 0.717) is 0 Å². The number of benzene rings is 2. The summed E-state index contributed by atoms with van der Waals surface area (Å²) in [4.78, 5) is 10.7. The highest BCUT2D eigenvalue weighted by Crippen LogP contribution is 2.40. The molecule has 1 N–H and O–H groups in total. The van der Waals surface area contributed by atoms with Gasteiger partial charge in [-0.3, -0.25) is 0 Å². The highest BCUT2D eigenvalue weighted by Gasteiger charge is 2.38. The Morgan fingerprint density at radius 2 is 1.50 bits per heavy atom. The first kappa shape index (κ1) is 19.4. The molecule has 1 atom stereocenters. The molecule has 0 amide bonds. The van der Waals surface area contributed by atoms with Gasteiger partial charge in [0.15, 0.2) is 6.10 Å². The van der Waals surface area contributed by atoms with Gasteiger partial charge in [-0.15, -0.1) is 0 Å². The smallest absolute Gasteiger partial charge is 0.419 e. The molecule has 26 heavy (non-hydrogen) atoms. The molecule has 0 heterocycles. The molecule has 0 fully saturated rings. The molecule has 0 aliphatic carbocycles. The van der Waals surface area contributed by atoms with E-state index in [4.69, 9.17) is 9.84 Å². The van der Waals surface area contributed by atoms with Gasteiger partial charge < -0.3 is 9.84 Å². The summed E-state index contributed by atoms with van der Waals surface area (Å²) in [6.07, 6.45) is -6.18. The molecular formula is C18H13F5O3. The topological polar surface area (TPSA) is 46.5 Å². The fourth-order valence-corrected chi connectivity index (χ4v) is 2.11. The number of carboxylic acids is 1. The Labute approximate surface area is 145 Å². The number of carbonyl (C=O) groups is 1. The maximum Gasteiger partial charge on any atom is 0.419 e. The fourth-order valence-electron chi connectivity index (χ4n) is 2.11. The van der Waals surface area contributed by atoms with Crippen LogP contribution in [0, 0.1) is 5.82 Å². The fraction of sp³-hybridized carbons (Fsp3) is 0.167. The number of ether oxygens (including phenoxy) is 1. The summed E-state index contributed by atoms with van der Waals surface area (Å²) < 4.78 is 72.4. The van der Waals surface area contributed by atoms with E-state index in [9.17, 15) is 26.7 Å². The van der Waals surface area contributed by atoms with Gasteiger partial charge in [0, 0.05) is 5.56 Å². The summed E-state index contributed by atoms with van der Waals surface area (Å²) in [5, 5.41) is 8.75. The van der Waals surface area contributed by atoms with E-state index in [1.54, 1.807) is 0 Å². The van der Waals surface area contributed by atoms with Crippen molar-refractivity contribution in [3.05, 3.63) is 65.5 Å². The number of halogens is 5. The molecule has 0 aliphatic heterocycles. The van der Waals surface area contributed by atoms with Crippen LogP contribution in [-0.4, -0.2) is 23.4 Å². The van der Waals surface area contributed by atoms with Crippen LogP contribution in [0.5, 0.6) is 5.75 Å². The molecule has 8 heteroatoms. The van der Waals surface area contributed by atoms with Crippen LogP contribution >= 0.6 is 0 Å². The third kappa shape index (κ3) is 4.59. The van der Waals surface area contributed by atoms with Crippen molar-refractivity contribution in [1.29, 1.82) is 0 Å². The van der Waals surface area contributed by atoms with Gasteiger partial charge in [-0.05, 0) is 48.9 Å². The summed E-state index contributed by atoms with van der Waals surface area (Å²) in [7, 11) is 0. The highest BCUT2D eigenvalue weighted by molar-refractivity contribution is 5.89. The molecular weight excluding hydrogens is 359 g/mol. The number of allylic oxidation sites excluding steroid dienone is 1. The molecule has 2 aromatic rings. The third-order valence-electron chi connectivity index (χ3n) is 3.40. The SMILES string of the molecule is C[C@@H](Oc1ccc(C(F)=C(c2ccc(F)cc2)C(F)(F)F)cc1)C(=O)O. The van der Waals surface area contributed by atoms with Crippen LogP contribution in [-0.2, 0) is 4.79 Å². The zero-order valence-corrected chi connectivity index (χ0v) is 13.3. The molecule has 2 rings (SSSR count). The number of hydrogen-bond acceptors (Lipinski definition) is 2. The molecule has 0 aromatic heterocycles. The first-order chi connectivity index (χ1) is 12.1. The molecule has 0 unspecified atom stereocenters. The normalized spacial score (nSPS) is 13.8. The van der Waals surface area contributed by atoms with Gasteiger partial charge in [-0.2, -0.15) is 13.2 Å². The van der Waals surface area contributed by atoms with Gasteiger partial charge >= 0.3 is 12.1 Å². The second-order valence-electron chi connectivity index (χ2n) is 5.32. The lowest BCUT2D eigenvalue weighted by Gasteiger charge is -2.15. The maximum atomic E-state index is 14.5. The Kier molecular flexibility index (Phi) is 5.64. The molecule has 0 saturated heterocycles. The Hall–Kier alpha value is -2.90. The van der Waals surface area contributed by atoms with Crippen LogP contribution in [0.25, 0.3) is 11.4 Å². The third-order valence-corrected chi connectivity index (χ3v) is 3.40. The van der Waals surface area contributed by atoms with Gasteiger partial charge in [0.25, 0.3) is 0 Å². The molecule has 0 aliphatic rings. The van der Waals surface area contributed by atoms with Crippen LogP contribution in [0.15, 0.2) is 48.5 Å². The van der Waals surface area contributed by atoms with Crippen LogP contribution in [0.4, 0.5) is 22.0 Å². The van der Waals surface area contributed by atoms with Crippen molar-refractivity contribution in [1.82, 2.24) is 0 Å². The van der Waals surface area contributed by atoms with E-state index in [0.717, 1.165) is 48.5 Å². The van der Waals surface area contributed by atoms with Gasteiger partial charge in [0.05, 0.1) is 5.57 Å². The summed E-state index contributed by atoms with van der Waals surface area (Å²) >= 11 is 0. The van der Waals surface area contributed by atoms with Crippen LogP contribution < -0.4 is 4.74 Å². The number of rotatable bonds is 5. The van der Waals surface area contributed by atoms with Crippen molar-refractivity contribution in [2.24, 2.45) is 0 Å². The van der Waals surface area contributed by atoms with Crippen molar-refractivity contribution < 1.29 is 36.6 Å². The van der Waals surface area contributed by atoms with Crippen molar-refractivity contribution in [2.45, 2.75) is 19.2 Å². The Morgan fingerprint density at radius 3 is 1.96 bits per heavy atom. The zero-order valence-electron chi connectivity index (χ0n) is 13.3. The summed E-state index contributed by atoms with van der Waals surface area (Å²) in [6, 6.07) is 7.67. The molecule has 0 spiro atoms. The second kappa shape index (κ2) is 7.55. The van der Waals surface area contributed by atoms with E-state index in [-0.39, 0.29) is 11.3 Å². The molecule has 0 radical (unpaired) electrons. The van der Waals surface area contributed by atoms with E-state index < -0.39 is 41.0 Å². The number of alkyl halides is 3. The lowest BCUT2D eigenvalue weighted by molar-refractivity contribution is -0.144. The second-order valence-corrected chi connectivity index (χ2v) is 5.32. The van der Waals surface area contributed by atoms with Crippen molar-refractivity contribution in [3.63, 3.8) is 0 Å². The van der Waals surface area contributed by atoms with Crippen LogP contribution in [0.1, 0.15) is 18.1 Å². The average Bonchev–Trinajstić information content (AvgIpc) is 2.56. The molecule has 3 nitrogen and oxygen atoms in total. The predicted octanol–water partition coefficient (Wildman–Crippen LogP) is 5.08. The van der Waals surface area contributed by atoms with Crippen molar-refractivity contribution in [3.8, 4) is 5.75 Å². The largest absolute Gasteiger partial charge is 0.479 e. The van der Waals surface area contributed by atoms with Gasteiger partial charge in [0.2, 0.25) is 0 Å². The summed E-state index contributed by atoms with van der Waals surface area (Å²) in [6.45, 7) is 1.27. The molecule has 0 bridgehead atoms. The highest BCUT2D eigenvalue weighted by atomic mass is 19.4. The van der Waals surface area contributed by atoms with Gasteiger partial charge in [-0.1, -0.05) is 12.1 Å². The lowest BCUT2D eigenvalue weighted by atomic mass is 10.0. The maximum absolute atomic E-state index is 14.5. The zero-order chi connectivity index (χ0) is 19.5. The van der Waals surface area contributed by atoms with Crippen LogP contribution in [0.2, 0.25) is 0 Å². The number of carboxylic acid groups (broad SMARTS) is 1. The molecule has 2 aromatic carbocycles. The lowest BCUT2D eigenvalue weighted by Crippen LogP contribution is -2.22. The molecule has 0 saturated carbocycles. The minimum absolute atomic E-state index is 0.0618. The Morgan fingerprint density at radius 1 is 1.00 bits per heavy atom. The Bertz CT molecular complexity index is 808. The number of hydrogen-bond donors (Lipinski definition) is 1. The average molecular weight is 372 g/mol. The number of aliphatic carboxylic acids is 1. The summed E-state index contributed by atoms with van der Waals surface area (Å²) in [5.74, 6) is -3.45. The van der Waals surface area contributed by atoms with Crippen molar-refractivity contribution >= 4 is 17.4 Å². The van der Waals surface area contributed by atoms with Gasteiger partial charge in [-0.25, -0.2) is 13.6 Å². The first-order valence-corrected chi connectivity index (χ1v) is 7.32. The minimum Gasteiger partial charge on any atom is -0.479 e. The van der Waals surface area contributed by atoms with Crippen LogP contribution in [0.3, 0.4) is 0 Å². The molecule has 138 valence electrons. The Balaban J connectivity index is 2.42. The van der Waals surface area contributed by atoms with E-state index in [1.165, 1.54) is 6.92 Å². The van der Waals surface area contributed by atoms with E-state index in [2.05, 4.69) is 0 Å².